The largest absolute Gasteiger partial charge is 0.313 e. The molecule has 0 aliphatic carbocycles. The number of nitrogens with one attached hydrogen (secondary N) is 1. The second kappa shape index (κ2) is 5.41. The first kappa shape index (κ1) is 11.6. The molecule has 0 bridgehead atoms. The summed E-state index contributed by atoms with van der Waals surface area (Å²) in [6.07, 6.45) is 2.56. The van der Waals surface area contributed by atoms with Gasteiger partial charge in [-0.2, -0.15) is 0 Å². The first-order valence-corrected chi connectivity index (χ1v) is 5.90. The van der Waals surface area contributed by atoms with Crippen LogP contribution in [0, 0.1) is 5.82 Å². The highest BCUT2D eigenvalue weighted by molar-refractivity contribution is 5.15. The first-order chi connectivity index (χ1) is 7.74. The molecule has 1 aromatic carbocycles. The molecule has 1 saturated heterocycles. The van der Waals surface area contributed by atoms with Crippen LogP contribution in [0.5, 0.6) is 0 Å². The van der Waals surface area contributed by atoms with Gasteiger partial charge in [0.25, 0.3) is 0 Å². The SMILES string of the molecule is CN(Cc1ccc(F)cc1)C[C@H]1CCCN1. The van der Waals surface area contributed by atoms with E-state index in [0.717, 1.165) is 19.6 Å². The summed E-state index contributed by atoms with van der Waals surface area (Å²) in [7, 11) is 2.11. The van der Waals surface area contributed by atoms with Gasteiger partial charge in [0.05, 0.1) is 0 Å². The van der Waals surface area contributed by atoms with Gasteiger partial charge in [-0.25, -0.2) is 4.39 Å². The Hall–Kier alpha value is -0.930. The summed E-state index contributed by atoms with van der Waals surface area (Å²) < 4.78 is 12.7. The minimum atomic E-state index is -0.163. The third-order valence-corrected chi connectivity index (χ3v) is 3.06. The van der Waals surface area contributed by atoms with Crippen LogP contribution in [0.2, 0.25) is 0 Å². The van der Waals surface area contributed by atoms with Crippen LogP contribution in [-0.2, 0) is 6.54 Å². The molecule has 2 rings (SSSR count). The molecule has 1 aliphatic rings. The Kier molecular flexibility index (Phi) is 3.91. The van der Waals surface area contributed by atoms with Crippen molar-refractivity contribution in [2.45, 2.75) is 25.4 Å². The summed E-state index contributed by atoms with van der Waals surface area (Å²) in [4.78, 5) is 2.29. The molecule has 0 spiro atoms. The van der Waals surface area contributed by atoms with E-state index in [-0.39, 0.29) is 5.82 Å². The average molecular weight is 222 g/mol. The Morgan fingerprint density at radius 2 is 2.12 bits per heavy atom. The third-order valence-electron chi connectivity index (χ3n) is 3.06. The summed E-state index contributed by atoms with van der Waals surface area (Å²) in [5, 5.41) is 3.48. The summed E-state index contributed by atoms with van der Waals surface area (Å²) in [6, 6.07) is 7.39. The lowest BCUT2D eigenvalue weighted by atomic mass is 10.2. The quantitative estimate of drug-likeness (QED) is 0.838. The van der Waals surface area contributed by atoms with Gasteiger partial charge in [0.1, 0.15) is 5.82 Å². The Bertz CT molecular complexity index is 317. The summed E-state index contributed by atoms with van der Waals surface area (Å²) >= 11 is 0. The molecule has 16 heavy (non-hydrogen) atoms. The first-order valence-electron chi connectivity index (χ1n) is 5.90. The molecule has 1 fully saturated rings. The highest BCUT2D eigenvalue weighted by atomic mass is 19.1. The van der Waals surface area contributed by atoms with E-state index in [1.165, 1.54) is 30.5 Å². The Balaban J connectivity index is 1.81. The van der Waals surface area contributed by atoms with E-state index >= 15 is 0 Å². The topological polar surface area (TPSA) is 15.3 Å². The third kappa shape index (κ3) is 3.29. The van der Waals surface area contributed by atoms with E-state index in [1.54, 1.807) is 0 Å². The zero-order valence-electron chi connectivity index (χ0n) is 9.75. The molecule has 0 amide bonds. The second-order valence-corrected chi connectivity index (χ2v) is 4.62. The van der Waals surface area contributed by atoms with Crippen LogP contribution in [0.1, 0.15) is 18.4 Å². The van der Waals surface area contributed by atoms with E-state index in [4.69, 9.17) is 0 Å². The van der Waals surface area contributed by atoms with Crippen molar-refractivity contribution in [3.05, 3.63) is 35.6 Å². The highest BCUT2D eigenvalue weighted by Crippen LogP contribution is 2.09. The number of hydrogen-bond donors (Lipinski definition) is 1. The molecule has 0 radical (unpaired) electrons. The zero-order valence-corrected chi connectivity index (χ0v) is 9.75. The maximum Gasteiger partial charge on any atom is 0.123 e. The van der Waals surface area contributed by atoms with E-state index in [9.17, 15) is 4.39 Å². The molecule has 0 saturated carbocycles. The smallest absolute Gasteiger partial charge is 0.123 e. The molecule has 0 aromatic heterocycles. The molecule has 0 unspecified atom stereocenters. The minimum absolute atomic E-state index is 0.163. The lowest BCUT2D eigenvalue weighted by Crippen LogP contribution is -2.34. The van der Waals surface area contributed by atoms with Crippen LogP contribution in [0.4, 0.5) is 4.39 Å². The van der Waals surface area contributed by atoms with Crippen molar-refractivity contribution in [2.75, 3.05) is 20.1 Å². The normalized spacial score (nSPS) is 20.6. The standard InChI is InChI=1S/C13H19FN2/c1-16(10-13-3-2-8-15-13)9-11-4-6-12(14)7-5-11/h4-7,13,15H,2-3,8-10H2,1H3/t13-/m1/s1. The molecule has 1 aliphatic heterocycles. The molecular formula is C13H19FN2. The second-order valence-electron chi connectivity index (χ2n) is 4.62. The number of nitrogens with zero attached hydrogens (tertiary/aromatic N) is 1. The predicted octanol–water partition coefficient (Wildman–Crippen LogP) is 2.01. The van der Waals surface area contributed by atoms with Gasteiger partial charge in [0, 0.05) is 19.1 Å². The highest BCUT2D eigenvalue weighted by Gasteiger charge is 2.15. The van der Waals surface area contributed by atoms with Crippen LogP contribution in [-0.4, -0.2) is 31.1 Å². The number of hydrogen-bond acceptors (Lipinski definition) is 2. The lowest BCUT2D eigenvalue weighted by Gasteiger charge is -2.21. The fourth-order valence-electron chi connectivity index (χ4n) is 2.25. The molecule has 3 heteroatoms. The van der Waals surface area contributed by atoms with Crippen LogP contribution in [0.15, 0.2) is 24.3 Å². The Morgan fingerprint density at radius 1 is 1.38 bits per heavy atom. The Morgan fingerprint density at radius 3 is 2.75 bits per heavy atom. The molecule has 1 aromatic rings. The maximum atomic E-state index is 12.7. The van der Waals surface area contributed by atoms with Crippen molar-refractivity contribution in [3.8, 4) is 0 Å². The van der Waals surface area contributed by atoms with Gasteiger partial charge in [-0.3, -0.25) is 0 Å². The minimum Gasteiger partial charge on any atom is -0.313 e. The number of rotatable bonds is 4. The fourth-order valence-corrected chi connectivity index (χ4v) is 2.25. The molecular weight excluding hydrogens is 203 g/mol. The number of benzene rings is 1. The molecule has 2 nitrogen and oxygen atoms in total. The maximum absolute atomic E-state index is 12.7. The van der Waals surface area contributed by atoms with Gasteiger partial charge >= 0.3 is 0 Å². The van der Waals surface area contributed by atoms with Crippen LogP contribution >= 0.6 is 0 Å². The van der Waals surface area contributed by atoms with Crippen molar-refractivity contribution < 1.29 is 4.39 Å². The van der Waals surface area contributed by atoms with Crippen molar-refractivity contribution in [1.82, 2.24) is 10.2 Å². The molecule has 1 atom stereocenters. The van der Waals surface area contributed by atoms with E-state index < -0.39 is 0 Å². The van der Waals surface area contributed by atoms with Crippen molar-refractivity contribution in [3.63, 3.8) is 0 Å². The van der Waals surface area contributed by atoms with Crippen molar-refractivity contribution in [2.24, 2.45) is 0 Å². The van der Waals surface area contributed by atoms with Crippen LogP contribution < -0.4 is 5.32 Å². The summed E-state index contributed by atoms with van der Waals surface area (Å²) in [5.74, 6) is -0.163. The van der Waals surface area contributed by atoms with Gasteiger partial charge in [0.15, 0.2) is 0 Å². The van der Waals surface area contributed by atoms with Gasteiger partial charge < -0.3 is 10.2 Å². The zero-order chi connectivity index (χ0) is 11.4. The van der Waals surface area contributed by atoms with Gasteiger partial charge in [-0.05, 0) is 44.1 Å². The van der Waals surface area contributed by atoms with Gasteiger partial charge in [-0.1, -0.05) is 12.1 Å². The van der Waals surface area contributed by atoms with Crippen LogP contribution in [0.25, 0.3) is 0 Å². The summed E-state index contributed by atoms with van der Waals surface area (Å²) in [5.41, 5.74) is 1.17. The monoisotopic (exact) mass is 222 g/mol. The Labute approximate surface area is 96.5 Å². The van der Waals surface area contributed by atoms with E-state index in [2.05, 4.69) is 17.3 Å². The van der Waals surface area contributed by atoms with Crippen LogP contribution in [0.3, 0.4) is 0 Å². The van der Waals surface area contributed by atoms with E-state index in [1.807, 2.05) is 12.1 Å². The summed E-state index contributed by atoms with van der Waals surface area (Å²) in [6.45, 7) is 3.10. The number of likely N-dealkylation sites (N-methyl/N-ethyl adjacent to an activating group) is 1. The number of halogens is 1. The van der Waals surface area contributed by atoms with Crippen molar-refractivity contribution >= 4 is 0 Å². The van der Waals surface area contributed by atoms with Gasteiger partial charge in [-0.15, -0.1) is 0 Å². The van der Waals surface area contributed by atoms with Gasteiger partial charge in [0.2, 0.25) is 0 Å². The van der Waals surface area contributed by atoms with E-state index in [0.29, 0.717) is 6.04 Å². The lowest BCUT2D eigenvalue weighted by molar-refractivity contribution is 0.293. The molecule has 1 heterocycles. The molecule has 88 valence electrons. The average Bonchev–Trinajstić information content (AvgIpc) is 2.74. The van der Waals surface area contributed by atoms with Crippen molar-refractivity contribution in [1.29, 1.82) is 0 Å². The fraction of sp³-hybridized carbons (Fsp3) is 0.538. The predicted molar refractivity (Wildman–Crippen MR) is 63.8 cm³/mol. The molecule has 1 N–H and O–H groups in total.